The molecule has 0 aliphatic carbocycles. The Morgan fingerprint density at radius 1 is 1.04 bits per heavy atom. The number of rotatable bonds is 7. The minimum atomic E-state index is -2.82. The zero-order valence-electron chi connectivity index (χ0n) is 13.2. The molecular formula is C18H18O5P+. The van der Waals surface area contributed by atoms with E-state index in [0.717, 1.165) is 0 Å². The van der Waals surface area contributed by atoms with E-state index in [9.17, 15) is 19.0 Å². The van der Waals surface area contributed by atoms with Gasteiger partial charge >= 0.3 is 14.0 Å². The number of carbonyl (C=O) groups is 2. The normalized spacial score (nSPS) is 13.7. The topological polar surface area (TPSA) is 80.7 Å². The van der Waals surface area contributed by atoms with Crippen LogP contribution in [0, 0.1) is 5.92 Å². The van der Waals surface area contributed by atoms with E-state index in [1.54, 1.807) is 67.6 Å². The molecule has 0 saturated heterocycles. The first kappa shape index (κ1) is 18.0. The SMILES string of the molecule is CCOC(=O)C(C(=O)c1ccccc1)C(c1ccccc1)[P+](=O)O. The van der Waals surface area contributed by atoms with Gasteiger partial charge in [-0.3, -0.25) is 9.59 Å². The van der Waals surface area contributed by atoms with Crippen LogP contribution in [-0.2, 0) is 14.1 Å². The average Bonchev–Trinajstić information content (AvgIpc) is 2.60. The van der Waals surface area contributed by atoms with Crippen LogP contribution in [0.1, 0.15) is 28.5 Å². The Balaban J connectivity index is 2.49. The summed E-state index contributed by atoms with van der Waals surface area (Å²) in [6.07, 6.45) is 0. The molecule has 3 atom stereocenters. The minimum Gasteiger partial charge on any atom is -0.465 e. The van der Waals surface area contributed by atoms with Gasteiger partial charge in [-0.25, -0.2) is 0 Å². The average molecular weight is 345 g/mol. The van der Waals surface area contributed by atoms with Gasteiger partial charge in [-0.2, -0.15) is 4.89 Å². The van der Waals surface area contributed by atoms with E-state index in [1.807, 2.05) is 0 Å². The second kappa shape index (κ2) is 8.48. The standard InChI is InChI=1S/C18H17O5P/c1-2-23-18(20)15(16(19)13-9-5-3-6-10-13)17(24(21)22)14-11-7-4-8-12-14/h3-12,15,17H,2H2,1H3/p+1. The van der Waals surface area contributed by atoms with Crippen molar-refractivity contribution < 1.29 is 23.8 Å². The summed E-state index contributed by atoms with van der Waals surface area (Å²) in [5.41, 5.74) is -0.412. The monoisotopic (exact) mass is 345 g/mol. The van der Waals surface area contributed by atoms with E-state index < -0.39 is 31.4 Å². The number of hydrogen-bond donors (Lipinski definition) is 1. The molecule has 5 nitrogen and oxygen atoms in total. The molecule has 0 bridgehead atoms. The van der Waals surface area contributed by atoms with Crippen molar-refractivity contribution in [3.05, 3.63) is 71.8 Å². The highest BCUT2D eigenvalue weighted by Crippen LogP contribution is 2.45. The largest absolute Gasteiger partial charge is 0.514 e. The summed E-state index contributed by atoms with van der Waals surface area (Å²) in [4.78, 5) is 35.0. The summed E-state index contributed by atoms with van der Waals surface area (Å²) in [6.45, 7) is 1.71. The lowest BCUT2D eigenvalue weighted by molar-refractivity contribution is -0.146. The molecule has 2 aromatic rings. The van der Waals surface area contributed by atoms with E-state index >= 15 is 0 Å². The van der Waals surface area contributed by atoms with Crippen LogP contribution in [0.15, 0.2) is 60.7 Å². The molecule has 2 aromatic carbocycles. The van der Waals surface area contributed by atoms with Gasteiger partial charge in [0.15, 0.2) is 11.7 Å². The molecule has 0 aromatic heterocycles. The molecule has 0 amide bonds. The summed E-state index contributed by atoms with van der Waals surface area (Å²) in [7, 11) is -2.82. The lowest BCUT2D eigenvalue weighted by Gasteiger charge is -2.17. The van der Waals surface area contributed by atoms with Gasteiger partial charge in [0.1, 0.15) is 0 Å². The Bertz CT molecular complexity index is 715. The highest BCUT2D eigenvalue weighted by molar-refractivity contribution is 7.38. The molecule has 0 radical (unpaired) electrons. The van der Waals surface area contributed by atoms with Crippen LogP contribution in [0.3, 0.4) is 0 Å². The summed E-state index contributed by atoms with van der Waals surface area (Å²) >= 11 is 0. The molecule has 6 heteroatoms. The van der Waals surface area contributed by atoms with Crippen LogP contribution in [0.25, 0.3) is 0 Å². The summed E-state index contributed by atoms with van der Waals surface area (Å²) < 4.78 is 17.0. The van der Waals surface area contributed by atoms with E-state index in [4.69, 9.17) is 4.74 Å². The van der Waals surface area contributed by atoms with Crippen molar-refractivity contribution in [1.82, 2.24) is 0 Å². The third-order valence-electron chi connectivity index (χ3n) is 3.58. The number of benzene rings is 2. The third kappa shape index (κ3) is 4.13. The molecule has 124 valence electrons. The maximum Gasteiger partial charge on any atom is 0.514 e. The fraction of sp³-hybridized carbons (Fsp3) is 0.222. The maximum absolute atomic E-state index is 12.8. The van der Waals surface area contributed by atoms with E-state index in [2.05, 4.69) is 0 Å². The van der Waals surface area contributed by atoms with Crippen LogP contribution >= 0.6 is 8.03 Å². The molecular weight excluding hydrogens is 327 g/mol. The van der Waals surface area contributed by atoms with Crippen molar-refractivity contribution in [2.75, 3.05) is 6.61 Å². The Morgan fingerprint density at radius 3 is 2.08 bits per heavy atom. The van der Waals surface area contributed by atoms with Crippen LogP contribution in [0.4, 0.5) is 0 Å². The summed E-state index contributed by atoms with van der Waals surface area (Å²) in [6, 6.07) is 16.6. The maximum atomic E-state index is 12.8. The second-order valence-electron chi connectivity index (χ2n) is 5.12. The van der Waals surface area contributed by atoms with E-state index in [-0.39, 0.29) is 6.61 Å². The Morgan fingerprint density at radius 2 is 1.58 bits per heavy atom. The zero-order chi connectivity index (χ0) is 17.5. The van der Waals surface area contributed by atoms with Gasteiger partial charge in [0, 0.05) is 11.1 Å². The fourth-order valence-corrected chi connectivity index (χ4v) is 3.43. The molecule has 0 aliphatic heterocycles. The fourth-order valence-electron chi connectivity index (χ4n) is 2.49. The van der Waals surface area contributed by atoms with Gasteiger partial charge in [-0.05, 0) is 11.5 Å². The Labute approximate surface area is 141 Å². The molecule has 0 heterocycles. The van der Waals surface area contributed by atoms with E-state index in [1.165, 1.54) is 0 Å². The summed E-state index contributed by atoms with van der Waals surface area (Å²) in [5, 5.41) is 0. The molecule has 3 unspecified atom stereocenters. The van der Waals surface area contributed by atoms with Crippen LogP contribution < -0.4 is 0 Å². The lowest BCUT2D eigenvalue weighted by atomic mass is 9.90. The number of carbonyl (C=O) groups excluding carboxylic acids is 2. The Kier molecular flexibility index (Phi) is 6.36. The van der Waals surface area contributed by atoms with Crippen LogP contribution in [-0.4, -0.2) is 23.3 Å². The van der Waals surface area contributed by atoms with Crippen molar-refractivity contribution in [2.45, 2.75) is 12.6 Å². The van der Waals surface area contributed by atoms with Gasteiger partial charge in [-0.1, -0.05) is 60.7 Å². The molecule has 24 heavy (non-hydrogen) atoms. The quantitative estimate of drug-likeness (QED) is 0.359. The zero-order valence-corrected chi connectivity index (χ0v) is 14.1. The molecule has 1 N–H and O–H groups in total. The molecule has 0 fully saturated rings. The second-order valence-corrected chi connectivity index (χ2v) is 6.28. The lowest BCUT2D eigenvalue weighted by Crippen LogP contribution is -2.31. The van der Waals surface area contributed by atoms with Gasteiger partial charge in [0.05, 0.1) is 6.61 Å². The van der Waals surface area contributed by atoms with Gasteiger partial charge < -0.3 is 4.74 Å². The number of ketones is 1. The van der Waals surface area contributed by atoms with Crippen molar-refractivity contribution in [3.63, 3.8) is 0 Å². The van der Waals surface area contributed by atoms with Crippen LogP contribution in [0.2, 0.25) is 0 Å². The minimum absolute atomic E-state index is 0.0844. The molecule has 2 rings (SSSR count). The molecule has 0 saturated carbocycles. The van der Waals surface area contributed by atoms with Crippen LogP contribution in [0.5, 0.6) is 0 Å². The van der Waals surface area contributed by atoms with Gasteiger partial charge in [0.2, 0.25) is 5.66 Å². The van der Waals surface area contributed by atoms with Crippen molar-refractivity contribution in [3.8, 4) is 0 Å². The Hall–Kier alpha value is -2.36. The smallest absolute Gasteiger partial charge is 0.465 e. The predicted molar refractivity (Wildman–Crippen MR) is 89.9 cm³/mol. The number of ether oxygens (including phenoxy) is 1. The summed E-state index contributed by atoms with van der Waals surface area (Å²) in [5.74, 6) is -2.69. The van der Waals surface area contributed by atoms with E-state index in [0.29, 0.717) is 11.1 Å². The highest BCUT2D eigenvalue weighted by atomic mass is 31.1. The molecule has 0 spiro atoms. The molecule has 0 aliphatic rings. The van der Waals surface area contributed by atoms with Gasteiger partial charge in [-0.15, -0.1) is 0 Å². The van der Waals surface area contributed by atoms with Gasteiger partial charge in [0.25, 0.3) is 0 Å². The first-order valence-electron chi connectivity index (χ1n) is 7.52. The van der Waals surface area contributed by atoms with Crippen molar-refractivity contribution in [1.29, 1.82) is 0 Å². The van der Waals surface area contributed by atoms with Crippen molar-refractivity contribution >= 4 is 19.8 Å². The number of Topliss-reactive ketones (excluding diaryl/α,β-unsaturated/α-hetero) is 1. The first-order chi connectivity index (χ1) is 11.6. The first-order valence-corrected chi connectivity index (χ1v) is 8.80. The van der Waals surface area contributed by atoms with Crippen molar-refractivity contribution in [2.24, 2.45) is 5.92 Å². The predicted octanol–water partition coefficient (Wildman–Crippen LogP) is 3.52. The number of esters is 1. The highest BCUT2D eigenvalue weighted by Gasteiger charge is 2.48. The third-order valence-corrected chi connectivity index (χ3v) is 4.65. The number of hydrogen-bond acceptors (Lipinski definition) is 4.